The van der Waals surface area contributed by atoms with Gasteiger partial charge in [-0.2, -0.15) is 0 Å². The standard InChI is InChI=1S/C18H17ClN2O3/c1-12-3-2-4-15(9-12)21-11-16(24-18(21)23)10-20-17(22)13-5-7-14(19)8-6-13/h2-9,16H,10-11H2,1H3,(H,20,22). The number of hydrogen-bond donors (Lipinski definition) is 1. The van der Waals surface area contributed by atoms with Gasteiger partial charge in [-0.15, -0.1) is 0 Å². The van der Waals surface area contributed by atoms with Crippen molar-refractivity contribution in [3.05, 3.63) is 64.7 Å². The van der Waals surface area contributed by atoms with Gasteiger partial charge in [0.2, 0.25) is 0 Å². The van der Waals surface area contributed by atoms with E-state index in [0.717, 1.165) is 11.3 Å². The van der Waals surface area contributed by atoms with Crippen LogP contribution in [0.4, 0.5) is 10.5 Å². The molecular formula is C18H17ClN2O3. The Kier molecular flexibility index (Phi) is 4.71. The summed E-state index contributed by atoms with van der Waals surface area (Å²) >= 11 is 5.80. The van der Waals surface area contributed by atoms with Crippen LogP contribution in [0.3, 0.4) is 0 Å². The Morgan fingerprint density at radius 1 is 1.29 bits per heavy atom. The lowest BCUT2D eigenvalue weighted by Gasteiger charge is -2.13. The van der Waals surface area contributed by atoms with Crippen LogP contribution in [-0.2, 0) is 4.74 Å². The second-order valence-corrected chi connectivity index (χ2v) is 6.11. The minimum absolute atomic E-state index is 0.225. The summed E-state index contributed by atoms with van der Waals surface area (Å²) in [5, 5.41) is 3.35. The second-order valence-electron chi connectivity index (χ2n) is 5.67. The summed E-state index contributed by atoms with van der Waals surface area (Å²) in [7, 11) is 0. The summed E-state index contributed by atoms with van der Waals surface area (Å²) in [5.74, 6) is -0.225. The molecule has 1 heterocycles. The van der Waals surface area contributed by atoms with Crippen molar-refractivity contribution in [2.24, 2.45) is 0 Å². The van der Waals surface area contributed by atoms with Crippen LogP contribution in [0.15, 0.2) is 48.5 Å². The molecule has 1 aliphatic heterocycles. The molecule has 0 bridgehead atoms. The highest BCUT2D eigenvalue weighted by Crippen LogP contribution is 2.22. The summed E-state index contributed by atoms with van der Waals surface area (Å²) < 4.78 is 5.32. The number of aryl methyl sites for hydroxylation is 1. The van der Waals surface area contributed by atoms with Gasteiger partial charge >= 0.3 is 6.09 Å². The third-order valence-corrected chi connectivity index (χ3v) is 4.04. The zero-order chi connectivity index (χ0) is 17.1. The van der Waals surface area contributed by atoms with Crippen molar-refractivity contribution in [1.82, 2.24) is 5.32 Å². The Morgan fingerprint density at radius 3 is 2.75 bits per heavy atom. The highest BCUT2D eigenvalue weighted by Gasteiger charge is 2.32. The number of rotatable bonds is 4. The average molecular weight is 345 g/mol. The Labute approximate surface area is 145 Å². The molecule has 124 valence electrons. The maximum absolute atomic E-state index is 12.1. The molecule has 1 saturated heterocycles. The van der Waals surface area contributed by atoms with Crippen LogP contribution in [-0.4, -0.2) is 31.2 Å². The van der Waals surface area contributed by atoms with Crippen LogP contribution < -0.4 is 10.2 Å². The first-order chi connectivity index (χ1) is 11.5. The summed E-state index contributed by atoms with van der Waals surface area (Å²) in [6.07, 6.45) is -0.777. The molecule has 0 spiro atoms. The Balaban J connectivity index is 1.58. The maximum Gasteiger partial charge on any atom is 0.414 e. The molecule has 5 nitrogen and oxygen atoms in total. The maximum atomic E-state index is 12.1. The van der Waals surface area contributed by atoms with Crippen molar-refractivity contribution in [2.45, 2.75) is 13.0 Å². The monoisotopic (exact) mass is 344 g/mol. The number of amides is 2. The molecule has 2 amide bonds. The molecule has 3 rings (SSSR count). The highest BCUT2D eigenvalue weighted by molar-refractivity contribution is 6.30. The third kappa shape index (κ3) is 3.68. The second kappa shape index (κ2) is 6.93. The average Bonchev–Trinajstić information content (AvgIpc) is 2.94. The molecule has 0 aromatic heterocycles. The number of nitrogens with zero attached hydrogens (tertiary/aromatic N) is 1. The van der Waals surface area contributed by atoms with Gasteiger partial charge in [0, 0.05) is 16.3 Å². The lowest BCUT2D eigenvalue weighted by molar-refractivity contribution is 0.0916. The number of carbonyl (C=O) groups is 2. The van der Waals surface area contributed by atoms with Crippen molar-refractivity contribution >= 4 is 29.3 Å². The summed E-state index contributed by atoms with van der Waals surface area (Å²) in [4.78, 5) is 25.7. The minimum atomic E-state index is -0.397. The molecule has 24 heavy (non-hydrogen) atoms. The lowest BCUT2D eigenvalue weighted by Crippen LogP contribution is -2.34. The van der Waals surface area contributed by atoms with Crippen LogP contribution in [0.25, 0.3) is 0 Å². The molecule has 1 fully saturated rings. The van der Waals surface area contributed by atoms with Gasteiger partial charge in [-0.05, 0) is 48.9 Å². The van der Waals surface area contributed by atoms with E-state index in [-0.39, 0.29) is 18.6 Å². The van der Waals surface area contributed by atoms with Crippen molar-refractivity contribution in [2.75, 3.05) is 18.0 Å². The van der Waals surface area contributed by atoms with Crippen LogP contribution in [0.5, 0.6) is 0 Å². The largest absolute Gasteiger partial charge is 0.442 e. The number of cyclic esters (lactones) is 1. The number of benzene rings is 2. The van der Waals surface area contributed by atoms with Crippen LogP contribution in [0, 0.1) is 6.92 Å². The molecule has 1 atom stereocenters. The number of ether oxygens (including phenoxy) is 1. The van der Waals surface area contributed by atoms with Gasteiger partial charge < -0.3 is 10.1 Å². The fourth-order valence-corrected chi connectivity index (χ4v) is 2.67. The van der Waals surface area contributed by atoms with Crippen molar-refractivity contribution < 1.29 is 14.3 Å². The Morgan fingerprint density at radius 2 is 2.04 bits per heavy atom. The molecule has 0 aliphatic carbocycles. The van der Waals surface area contributed by atoms with E-state index in [0.29, 0.717) is 17.1 Å². The zero-order valence-electron chi connectivity index (χ0n) is 13.2. The van der Waals surface area contributed by atoms with E-state index in [4.69, 9.17) is 16.3 Å². The smallest absolute Gasteiger partial charge is 0.414 e. The Bertz CT molecular complexity index is 761. The Hall–Kier alpha value is -2.53. The van der Waals surface area contributed by atoms with E-state index < -0.39 is 6.09 Å². The van der Waals surface area contributed by atoms with E-state index in [1.807, 2.05) is 31.2 Å². The normalized spacial score (nSPS) is 16.8. The molecule has 0 radical (unpaired) electrons. The lowest BCUT2D eigenvalue weighted by atomic mass is 10.2. The zero-order valence-corrected chi connectivity index (χ0v) is 13.9. The molecule has 2 aromatic rings. The first-order valence-electron chi connectivity index (χ1n) is 7.61. The van der Waals surface area contributed by atoms with Gasteiger partial charge in [0.25, 0.3) is 5.91 Å². The summed E-state index contributed by atoms with van der Waals surface area (Å²) in [6.45, 7) is 2.63. The van der Waals surface area contributed by atoms with Crippen LogP contribution >= 0.6 is 11.6 Å². The van der Waals surface area contributed by atoms with Gasteiger partial charge in [0.1, 0.15) is 6.10 Å². The van der Waals surface area contributed by atoms with Crippen molar-refractivity contribution in [3.8, 4) is 0 Å². The van der Waals surface area contributed by atoms with Crippen molar-refractivity contribution in [1.29, 1.82) is 0 Å². The molecule has 1 unspecified atom stereocenters. The van der Waals surface area contributed by atoms with E-state index >= 15 is 0 Å². The van der Waals surface area contributed by atoms with Gasteiger partial charge in [-0.3, -0.25) is 9.69 Å². The number of nitrogens with one attached hydrogen (secondary N) is 1. The summed E-state index contributed by atoms with van der Waals surface area (Å²) in [5.41, 5.74) is 2.38. The quantitative estimate of drug-likeness (QED) is 0.924. The molecule has 1 N–H and O–H groups in total. The van der Waals surface area contributed by atoms with Crippen LogP contribution in [0.2, 0.25) is 5.02 Å². The molecule has 1 aliphatic rings. The van der Waals surface area contributed by atoms with E-state index in [9.17, 15) is 9.59 Å². The number of halogens is 1. The minimum Gasteiger partial charge on any atom is -0.442 e. The van der Waals surface area contributed by atoms with Gasteiger partial charge in [-0.25, -0.2) is 4.79 Å². The van der Waals surface area contributed by atoms with Gasteiger partial charge in [0.15, 0.2) is 0 Å². The van der Waals surface area contributed by atoms with E-state index in [2.05, 4.69) is 5.32 Å². The fraction of sp³-hybridized carbons (Fsp3) is 0.222. The topological polar surface area (TPSA) is 58.6 Å². The molecule has 6 heteroatoms. The highest BCUT2D eigenvalue weighted by atomic mass is 35.5. The number of anilines is 1. The van der Waals surface area contributed by atoms with Crippen molar-refractivity contribution in [3.63, 3.8) is 0 Å². The molecule has 2 aromatic carbocycles. The summed E-state index contributed by atoms with van der Waals surface area (Å²) in [6, 6.07) is 14.3. The van der Waals surface area contributed by atoms with E-state index in [1.165, 1.54) is 0 Å². The van der Waals surface area contributed by atoms with Gasteiger partial charge in [0.05, 0.1) is 13.1 Å². The first-order valence-corrected chi connectivity index (χ1v) is 7.99. The fourth-order valence-electron chi connectivity index (χ4n) is 2.54. The number of hydrogen-bond acceptors (Lipinski definition) is 3. The van der Waals surface area contributed by atoms with Crippen LogP contribution in [0.1, 0.15) is 15.9 Å². The molecular weight excluding hydrogens is 328 g/mol. The number of carbonyl (C=O) groups excluding carboxylic acids is 2. The third-order valence-electron chi connectivity index (χ3n) is 3.78. The predicted molar refractivity (Wildman–Crippen MR) is 92.6 cm³/mol. The van der Waals surface area contributed by atoms with E-state index in [1.54, 1.807) is 29.2 Å². The molecule has 0 saturated carbocycles. The SMILES string of the molecule is Cc1cccc(N2CC(CNC(=O)c3ccc(Cl)cc3)OC2=O)c1. The predicted octanol–water partition coefficient (Wildman–Crippen LogP) is 3.40. The first kappa shape index (κ1) is 16.3. The van der Waals surface area contributed by atoms with Gasteiger partial charge in [-0.1, -0.05) is 23.7 Å².